The van der Waals surface area contributed by atoms with E-state index in [1.807, 2.05) is 0 Å². The Balaban J connectivity index is 2.02. The molecule has 0 aliphatic carbocycles. The van der Waals surface area contributed by atoms with E-state index < -0.39 is 22.6 Å². The highest BCUT2D eigenvalue weighted by Crippen LogP contribution is 2.29. The molecule has 0 saturated heterocycles. The van der Waals surface area contributed by atoms with Crippen LogP contribution in [0.2, 0.25) is 5.02 Å². The number of hydrogen-bond acceptors (Lipinski definition) is 4. The van der Waals surface area contributed by atoms with Crippen molar-refractivity contribution in [1.29, 1.82) is 0 Å². The number of carbonyl (C=O) groups is 1. The number of amides is 1. The largest absolute Gasteiger partial charge is 0.416 e. The maximum Gasteiger partial charge on any atom is 0.416 e. The first-order valence-electron chi connectivity index (χ1n) is 7.09. The monoisotopic (exact) mass is 385 g/mol. The van der Waals surface area contributed by atoms with E-state index in [1.165, 1.54) is 30.3 Å². The second-order valence-electron chi connectivity index (χ2n) is 5.13. The number of rotatable bonds is 5. The molecule has 0 heterocycles. The van der Waals surface area contributed by atoms with Crippen LogP contribution >= 0.6 is 11.6 Å². The van der Waals surface area contributed by atoms with Crippen molar-refractivity contribution in [2.75, 3.05) is 0 Å². The maximum absolute atomic E-state index is 12.6. The van der Waals surface area contributed by atoms with Gasteiger partial charge in [0.25, 0.3) is 5.69 Å². The van der Waals surface area contributed by atoms with Gasteiger partial charge in [-0.1, -0.05) is 29.8 Å². The van der Waals surface area contributed by atoms with E-state index in [4.69, 9.17) is 11.6 Å². The number of carbonyl (C=O) groups excluding carboxylic acids is 1. The number of nitro benzene ring substituents is 1. The molecule has 0 aromatic heterocycles. The summed E-state index contributed by atoms with van der Waals surface area (Å²) in [6.45, 7) is 0. The highest BCUT2D eigenvalue weighted by atomic mass is 35.5. The fourth-order valence-electron chi connectivity index (χ4n) is 2.00. The molecule has 1 amide bonds. The molecule has 0 saturated carbocycles. The van der Waals surface area contributed by atoms with Crippen LogP contribution in [0.1, 0.15) is 16.7 Å². The van der Waals surface area contributed by atoms with Crippen molar-refractivity contribution in [3.05, 3.63) is 74.3 Å². The molecule has 10 heteroatoms. The second-order valence-corrected chi connectivity index (χ2v) is 5.54. The number of nitrogens with one attached hydrogen (secondary N) is 1. The fraction of sp³-hybridized carbons (Fsp3) is 0.125. The number of hydrogen-bond donors (Lipinski definition) is 1. The van der Waals surface area contributed by atoms with Gasteiger partial charge in [0, 0.05) is 22.7 Å². The summed E-state index contributed by atoms with van der Waals surface area (Å²) in [5.74, 6) is -0.651. The summed E-state index contributed by atoms with van der Waals surface area (Å²) in [5.41, 5.74) is 1.46. The van der Waals surface area contributed by atoms with Gasteiger partial charge in [-0.2, -0.15) is 18.3 Å². The van der Waals surface area contributed by atoms with E-state index in [1.54, 1.807) is 0 Å². The van der Waals surface area contributed by atoms with Crippen LogP contribution in [0.3, 0.4) is 0 Å². The van der Waals surface area contributed by atoms with Crippen molar-refractivity contribution in [2.45, 2.75) is 12.6 Å². The number of nitro groups is 1. The van der Waals surface area contributed by atoms with Crippen LogP contribution in [-0.4, -0.2) is 17.0 Å². The Bertz CT molecular complexity index is 869. The Morgan fingerprint density at radius 3 is 2.65 bits per heavy atom. The third-order valence-electron chi connectivity index (χ3n) is 3.20. The number of non-ortho nitro benzene ring substituents is 1. The van der Waals surface area contributed by atoms with Gasteiger partial charge >= 0.3 is 6.18 Å². The van der Waals surface area contributed by atoms with Gasteiger partial charge in [0.1, 0.15) is 0 Å². The lowest BCUT2D eigenvalue weighted by Gasteiger charge is -2.08. The lowest BCUT2D eigenvalue weighted by Crippen LogP contribution is -2.20. The number of benzene rings is 2. The van der Waals surface area contributed by atoms with Gasteiger partial charge < -0.3 is 0 Å². The third-order valence-corrected chi connectivity index (χ3v) is 3.55. The zero-order valence-corrected chi connectivity index (χ0v) is 13.7. The van der Waals surface area contributed by atoms with Gasteiger partial charge in [0.05, 0.1) is 23.1 Å². The minimum absolute atomic E-state index is 0.168. The van der Waals surface area contributed by atoms with Crippen molar-refractivity contribution < 1.29 is 22.9 Å². The van der Waals surface area contributed by atoms with E-state index in [-0.39, 0.29) is 28.3 Å². The average molecular weight is 386 g/mol. The highest BCUT2D eigenvalue weighted by Gasteiger charge is 2.30. The summed E-state index contributed by atoms with van der Waals surface area (Å²) < 4.78 is 37.9. The third kappa shape index (κ3) is 5.28. The standard InChI is InChI=1S/C16H11ClF3N3O3/c17-14-5-4-13(23(25)26)8-11(14)9-21-22-15(24)7-10-2-1-3-12(6-10)16(18,19)20/h1-6,8-9H,7H2,(H,22,24)/b21-9+. The highest BCUT2D eigenvalue weighted by molar-refractivity contribution is 6.33. The minimum Gasteiger partial charge on any atom is -0.273 e. The van der Waals surface area contributed by atoms with Gasteiger partial charge in [0.15, 0.2) is 0 Å². The zero-order valence-electron chi connectivity index (χ0n) is 13.0. The molecule has 0 unspecified atom stereocenters. The summed E-state index contributed by atoms with van der Waals surface area (Å²) in [6, 6.07) is 8.07. The van der Waals surface area contributed by atoms with E-state index in [0.717, 1.165) is 18.3 Å². The van der Waals surface area contributed by atoms with Gasteiger partial charge in [-0.05, 0) is 17.7 Å². The summed E-state index contributed by atoms with van der Waals surface area (Å²) in [5, 5.41) is 14.5. The van der Waals surface area contributed by atoms with Crippen LogP contribution < -0.4 is 5.43 Å². The molecular weight excluding hydrogens is 375 g/mol. The molecule has 6 nitrogen and oxygen atoms in total. The van der Waals surface area contributed by atoms with E-state index in [2.05, 4.69) is 10.5 Å². The summed E-state index contributed by atoms with van der Waals surface area (Å²) >= 11 is 5.87. The average Bonchev–Trinajstić information content (AvgIpc) is 2.55. The molecule has 0 aliphatic heterocycles. The first-order chi connectivity index (χ1) is 12.2. The quantitative estimate of drug-likeness (QED) is 0.480. The Morgan fingerprint density at radius 2 is 2.00 bits per heavy atom. The molecule has 0 atom stereocenters. The molecule has 26 heavy (non-hydrogen) atoms. The SMILES string of the molecule is O=C(Cc1cccc(C(F)(F)F)c1)N/N=C/c1cc([N+](=O)[O-])ccc1Cl. The summed E-state index contributed by atoms with van der Waals surface area (Å²) in [7, 11) is 0. The van der Waals surface area contributed by atoms with Gasteiger partial charge in [-0.25, -0.2) is 5.43 Å². The minimum atomic E-state index is -4.50. The Kier molecular flexibility index (Phi) is 5.93. The van der Waals surface area contributed by atoms with Crippen LogP contribution in [0, 0.1) is 10.1 Å². The maximum atomic E-state index is 12.6. The second kappa shape index (κ2) is 7.96. The molecule has 0 bridgehead atoms. The Morgan fingerprint density at radius 1 is 1.27 bits per heavy atom. The molecular formula is C16H11ClF3N3O3. The fourth-order valence-corrected chi connectivity index (χ4v) is 2.17. The number of nitrogens with zero attached hydrogens (tertiary/aromatic N) is 2. The molecule has 2 rings (SSSR count). The van der Waals surface area contributed by atoms with Crippen LogP contribution in [0.5, 0.6) is 0 Å². The molecule has 0 aliphatic rings. The molecule has 0 spiro atoms. The van der Waals surface area contributed by atoms with Crippen LogP contribution in [0.15, 0.2) is 47.6 Å². The summed E-state index contributed by atoms with van der Waals surface area (Å²) in [4.78, 5) is 21.9. The Labute approximate surface area is 150 Å². The zero-order chi connectivity index (χ0) is 19.3. The van der Waals surface area contributed by atoms with Crippen molar-refractivity contribution in [3.8, 4) is 0 Å². The normalized spacial score (nSPS) is 11.5. The lowest BCUT2D eigenvalue weighted by molar-refractivity contribution is -0.384. The van der Waals surface area contributed by atoms with Gasteiger partial charge in [0.2, 0.25) is 5.91 Å². The van der Waals surface area contributed by atoms with Gasteiger partial charge in [-0.15, -0.1) is 0 Å². The summed E-state index contributed by atoms with van der Waals surface area (Å²) in [6.07, 6.45) is -3.70. The molecule has 136 valence electrons. The van der Waals surface area contributed by atoms with Gasteiger partial charge in [-0.3, -0.25) is 14.9 Å². The predicted octanol–water partition coefficient (Wildman–Crippen LogP) is 3.96. The van der Waals surface area contributed by atoms with Crippen molar-refractivity contribution in [3.63, 3.8) is 0 Å². The number of alkyl halides is 3. The smallest absolute Gasteiger partial charge is 0.273 e. The number of hydrazone groups is 1. The van der Waals surface area contributed by atoms with Crippen LogP contribution in [0.25, 0.3) is 0 Å². The number of halogens is 4. The van der Waals surface area contributed by atoms with Crippen molar-refractivity contribution in [1.82, 2.24) is 5.43 Å². The van der Waals surface area contributed by atoms with Crippen molar-refractivity contribution >= 4 is 29.4 Å². The van der Waals surface area contributed by atoms with Crippen LogP contribution in [-0.2, 0) is 17.4 Å². The van der Waals surface area contributed by atoms with E-state index >= 15 is 0 Å². The molecule has 2 aromatic rings. The predicted molar refractivity (Wildman–Crippen MR) is 89.0 cm³/mol. The first-order valence-corrected chi connectivity index (χ1v) is 7.46. The topological polar surface area (TPSA) is 84.6 Å². The van der Waals surface area contributed by atoms with E-state index in [0.29, 0.717) is 0 Å². The van der Waals surface area contributed by atoms with Crippen molar-refractivity contribution in [2.24, 2.45) is 5.10 Å². The molecule has 0 radical (unpaired) electrons. The molecule has 1 N–H and O–H groups in total. The molecule has 2 aromatic carbocycles. The van der Waals surface area contributed by atoms with Crippen LogP contribution in [0.4, 0.5) is 18.9 Å². The lowest BCUT2D eigenvalue weighted by atomic mass is 10.1. The van der Waals surface area contributed by atoms with E-state index in [9.17, 15) is 28.1 Å². The first kappa shape index (κ1) is 19.4. The molecule has 0 fully saturated rings. The Hall–Kier alpha value is -2.94.